The van der Waals surface area contributed by atoms with E-state index in [1.165, 1.54) is 0 Å². The van der Waals surface area contributed by atoms with Gasteiger partial charge in [-0.1, -0.05) is 133 Å². The molecule has 0 saturated heterocycles. The maximum Gasteiger partial charge on any atom is 0.163 e. The van der Waals surface area contributed by atoms with Crippen molar-refractivity contribution in [3.8, 4) is 11.5 Å². The highest BCUT2D eigenvalue weighted by atomic mass is 16.5. The Morgan fingerprint density at radius 3 is 0.806 bits per heavy atom. The van der Waals surface area contributed by atoms with Crippen LogP contribution in [0.4, 0.5) is 0 Å². The topological polar surface area (TPSA) is 18.5 Å². The van der Waals surface area contributed by atoms with E-state index in [2.05, 4.69) is 62.4 Å². The molecule has 0 saturated carbocycles. The Labute approximate surface area is 213 Å². The molecular formula is C34H30O2. The first-order valence-electron chi connectivity index (χ1n) is 12.3. The Morgan fingerprint density at radius 2 is 0.556 bits per heavy atom. The molecule has 0 atom stereocenters. The van der Waals surface area contributed by atoms with Crippen molar-refractivity contribution in [3.63, 3.8) is 0 Å². The fourth-order valence-electron chi connectivity index (χ4n) is 4.65. The molecule has 5 aromatic rings. The van der Waals surface area contributed by atoms with Gasteiger partial charge in [-0.2, -0.15) is 0 Å². The normalized spacial score (nSPS) is 11.6. The molecule has 178 valence electrons. The minimum atomic E-state index is -0.710. The van der Waals surface area contributed by atoms with Gasteiger partial charge in [0.15, 0.2) is 22.7 Å². The minimum absolute atomic E-state index is 0.686. The molecule has 0 aliphatic carbocycles. The molecular weight excluding hydrogens is 440 g/mol. The summed E-state index contributed by atoms with van der Waals surface area (Å²) in [7, 11) is 0. The Hall–Kier alpha value is -4.30. The molecule has 2 heteroatoms. The largest absolute Gasteiger partial charge is 0.474 e. The first kappa shape index (κ1) is 23.4. The third-order valence-corrected chi connectivity index (χ3v) is 6.78. The molecule has 0 aliphatic heterocycles. The zero-order chi connectivity index (χ0) is 24.8. The average Bonchev–Trinajstić information content (AvgIpc) is 2.96. The summed E-state index contributed by atoms with van der Waals surface area (Å²) in [5, 5.41) is 0. The van der Waals surface area contributed by atoms with Crippen molar-refractivity contribution in [3.05, 3.63) is 168 Å². The van der Waals surface area contributed by atoms with Crippen LogP contribution in [0, 0.1) is 0 Å². The molecule has 0 heterocycles. The molecule has 36 heavy (non-hydrogen) atoms. The summed E-state index contributed by atoms with van der Waals surface area (Å²) >= 11 is 0. The summed E-state index contributed by atoms with van der Waals surface area (Å²) in [6, 6.07) is 49.2. The van der Waals surface area contributed by atoms with Gasteiger partial charge in [0.25, 0.3) is 0 Å². The van der Waals surface area contributed by atoms with Gasteiger partial charge in [-0.3, -0.25) is 0 Å². The number of hydrogen-bond donors (Lipinski definition) is 0. The van der Waals surface area contributed by atoms with E-state index < -0.39 is 11.2 Å². The lowest BCUT2D eigenvalue weighted by Crippen LogP contribution is -2.33. The number of hydrogen-bond acceptors (Lipinski definition) is 2. The second kappa shape index (κ2) is 10.1. The third kappa shape index (κ3) is 4.63. The lowest BCUT2D eigenvalue weighted by atomic mass is 9.87. The van der Waals surface area contributed by atoms with E-state index in [4.69, 9.17) is 9.47 Å². The van der Waals surface area contributed by atoms with Gasteiger partial charge in [0, 0.05) is 0 Å². The summed E-state index contributed by atoms with van der Waals surface area (Å²) in [6.07, 6.45) is 0. The zero-order valence-corrected chi connectivity index (χ0v) is 20.7. The van der Waals surface area contributed by atoms with Crippen LogP contribution in [-0.2, 0) is 11.2 Å². The Morgan fingerprint density at radius 1 is 0.333 bits per heavy atom. The second-order valence-corrected chi connectivity index (χ2v) is 9.18. The molecule has 0 radical (unpaired) electrons. The monoisotopic (exact) mass is 470 g/mol. The van der Waals surface area contributed by atoms with Gasteiger partial charge in [-0.05, 0) is 48.2 Å². The van der Waals surface area contributed by atoms with Crippen LogP contribution >= 0.6 is 0 Å². The molecule has 5 rings (SSSR count). The molecule has 0 unspecified atom stereocenters. The molecule has 2 nitrogen and oxygen atoms in total. The summed E-state index contributed by atoms with van der Waals surface area (Å²) < 4.78 is 13.8. The number of benzene rings is 5. The van der Waals surface area contributed by atoms with E-state index in [1.807, 2.05) is 97.1 Å². The Bertz CT molecular complexity index is 1190. The highest BCUT2D eigenvalue weighted by Crippen LogP contribution is 2.42. The van der Waals surface area contributed by atoms with Crippen molar-refractivity contribution in [2.75, 3.05) is 0 Å². The van der Waals surface area contributed by atoms with E-state index in [1.54, 1.807) is 0 Å². The molecule has 0 aromatic heterocycles. The SMILES string of the molecule is CC(Oc1ccccc1OC(C)(c1ccccc1)c1ccccc1)(c1ccccc1)c1ccccc1. The van der Waals surface area contributed by atoms with Crippen LogP contribution in [0.1, 0.15) is 36.1 Å². The van der Waals surface area contributed by atoms with Crippen LogP contribution in [-0.4, -0.2) is 0 Å². The molecule has 0 amide bonds. The first-order chi connectivity index (χ1) is 17.6. The van der Waals surface area contributed by atoms with Crippen molar-refractivity contribution in [1.82, 2.24) is 0 Å². The summed E-state index contributed by atoms with van der Waals surface area (Å²) in [4.78, 5) is 0. The van der Waals surface area contributed by atoms with Crippen molar-refractivity contribution in [2.24, 2.45) is 0 Å². The zero-order valence-electron chi connectivity index (χ0n) is 20.7. The Balaban J connectivity index is 1.59. The van der Waals surface area contributed by atoms with Gasteiger partial charge in [0.2, 0.25) is 0 Å². The van der Waals surface area contributed by atoms with Gasteiger partial charge in [0.1, 0.15) is 0 Å². The highest BCUT2D eigenvalue weighted by molar-refractivity contribution is 5.46. The third-order valence-electron chi connectivity index (χ3n) is 6.78. The van der Waals surface area contributed by atoms with E-state index in [0.29, 0.717) is 11.5 Å². The molecule has 0 spiro atoms. The average molecular weight is 471 g/mol. The van der Waals surface area contributed by atoms with Crippen LogP contribution in [0.15, 0.2) is 146 Å². The maximum atomic E-state index is 6.90. The summed E-state index contributed by atoms with van der Waals surface area (Å²) in [5.74, 6) is 1.37. The standard InChI is InChI=1S/C34H30O2/c1-33(27-17-7-3-8-18-27,28-19-9-4-10-20-28)35-31-25-15-16-26-32(31)36-34(2,29-21-11-5-12-22-29)30-23-13-6-14-24-30/h3-26H,1-2H3. The van der Waals surface area contributed by atoms with Gasteiger partial charge in [-0.25, -0.2) is 0 Å². The van der Waals surface area contributed by atoms with Crippen LogP contribution < -0.4 is 9.47 Å². The fraction of sp³-hybridized carbons (Fsp3) is 0.118. The van der Waals surface area contributed by atoms with Gasteiger partial charge >= 0.3 is 0 Å². The van der Waals surface area contributed by atoms with E-state index >= 15 is 0 Å². The van der Waals surface area contributed by atoms with Gasteiger partial charge in [-0.15, -0.1) is 0 Å². The lowest BCUT2D eigenvalue weighted by Gasteiger charge is -2.35. The summed E-state index contributed by atoms with van der Waals surface area (Å²) in [5.41, 5.74) is 2.86. The number of rotatable bonds is 8. The lowest BCUT2D eigenvalue weighted by molar-refractivity contribution is 0.0965. The molecule has 0 N–H and O–H groups in total. The van der Waals surface area contributed by atoms with Crippen molar-refractivity contribution in [2.45, 2.75) is 25.0 Å². The van der Waals surface area contributed by atoms with E-state index in [0.717, 1.165) is 22.3 Å². The number of ether oxygens (including phenoxy) is 2. The van der Waals surface area contributed by atoms with Crippen molar-refractivity contribution >= 4 is 0 Å². The smallest absolute Gasteiger partial charge is 0.163 e. The second-order valence-electron chi connectivity index (χ2n) is 9.18. The van der Waals surface area contributed by atoms with Crippen LogP contribution in [0.2, 0.25) is 0 Å². The molecule has 0 fully saturated rings. The number of para-hydroxylation sites is 2. The Kier molecular flexibility index (Phi) is 6.60. The van der Waals surface area contributed by atoms with Gasteiger partial charge in [0.05, 0.1) is 0 Å². The first-order valence-corrected chi connectivity index (χ1v) is 12.3. The maximum absolute atomic E-state index is 6.90. The fourth-order valence-corrected chi connectivity index (χ4v) is 4.65. The van der Waals surface area contributed by atoms with Crippen molar-refractivity contribution in [1.29, 1.82) is 0 Å². The molecule has 0 aliphatic rings. The molecule has 0 bridgehead atoms. The van der Waals surface area contributed by atoms with Crippen molar-refractivity contribution < 1.29 is 9.47 Å². The van der Waals surface area contributed by atoms with E-state index in [-0.39, 0.29) is 0 Å². The van der Waals surface area contributed by atoms with Gasteiger partial charge < -0.3 is 9.47 Å². The van der Waals surface area contributed by atoms with E-state index in [9.17, 15) is 0 Å². The van der Waals surface area contributed by atoms with Crippen LogP contribution in [0.3, 0.4) is 0 Å². The predicted molar refractivity (Wildman–Crippen MR) is 146 cm³/mol. The minimum Gasteiger partial charge on any atom is -0.474 e. The summed E-state index contributed by atoms with van der Waals surface area (Å²) in [6.45, 7) is 4.23. The van der Waals surface area contributed by atoms with Crippen LogP contribution in [0.25, 0.3) is 0 Å². The quantitative estimate of drug-likeness (QED) is 0.227. The molecule has 5 aromatic carbocycles. The van der Waals surface area contributed by atoms with Crippen LogP contribution in [0.5, 0.6) is 11.5 Å². The predicted octanol–water partition coefficient (Wildman–Crippen LogP) is 8.37. The highest BCUT2D eigenvalue weighted by Gasteiger charge is 2.35.